The van der Waals surface area contributed by atoms with Gasteiger partial charge in [0.25, 0.3) is 0 Å². The van der Waals surface area contributed by atoms with Gasteiger partial charge < -0.3 is 10.5 Å². The van der Waals surface area contributed by atoms with Gasteiger partial charge in [-0.25, -0.2) is 4.79 Å². The van der Waals surface area contributed by atoms with Crippen LogP contribution in [0.4, 0.5) is 5.69 Å². The largest absolute Gasteiger partial charge is 0.458 e. The lowest BCUT2D eigenvalue weighted by Crippen LogP contribution is -2.16. The van der Waals surface area contributed by atoms with Crippen LogP contribution in [-0.4, -0.2) is 21.9 Å². The number of aromatic nitrogens is 2. The molecule has 2 N–H and O–H groups in total. The number of hydrogen-bond donors (Lipinski definition) is 1. The Labute approximate surface area is 89.2 Å². The fraction of sp³-hybridized carbons (Fsp3) is 0.600. The second kappa shape index (κ2) is 4.33. The smallest absolute Gasteiger partial charge is 0.359 e. The highest BCUT2D eigenvalue weighted by molar-refractivity contribution is 5.93. The summed E-state index contributed by atoms with van der Waals surface area (Å²) in [4.78, 5) is 11.7. The van der Waals surface area contributed by atoms with Gasteiger partial charge in [0.15, 0.2) is 5.69 Å². The molecule has 0 aromatic carbocycles. The highest BCUT2D eigenvalue weighted by Gasteiger charge is 2.20. The lowest BCUT2D eigenvalue weighted by atomic mass is 10.2. The molecule has 0 spiro atoms. The molecule has 84 valence electrons. The predicted octanol–water partition coefficient (Wildman–Crippen LogP) is 1.13. The number of nitrogens with zero attached hydrogens (tertiary/aromatic N) is 2. The number of carbonyl (C=O) groups excluding carboxylic acids is 1. The van der Waals surface area contributed by atoms with E-state index in [9.17, 15) is 4.79 Å². The number of esters is 1. The maximum absolute atomic E-state index is 11.7. The Morgan fingerprint density at radius 2 is 2.20 bits per heavy atom. The molecule has 1 aromatic heterocycles. The SMILES string of the molecule is CCc1nn(C)c(C(=O)OC(C)C)c1N. The van der Waals surface area contributed by atoms with Gasteiger partial charge in [0, 0.05) is 7.05 Å². The summed E-state index contributed by atoms with van der Waals surface area (Å²) >= 11 is 0. The Hall–Kier alpha value is -1.52. The van der Waals surface area contributed by atoms with E-state index in [1.807, 2.05) is 6.92 Å². The molecule has 0 aliphatic rings. The minimum atomic E-state index is -0.419. The number of aryl methyl sites for hydroxylation is 2. The summed E-state index contributed by atoms with van der Waals surface area (Å²) in [5.41, 5.74) is 7.29. The number of ether oxygens (including phenoxy) is 1. The Bertz CT molecular complexity index is 369. The summed E-state index contributed by atoms with van der Waals surface area (Å²) in [5, 5.41) is 4.15. The molecule has 1 aromatic rings. The van der Waals surface area contributed by atoms with Crippen LogP contribution in [0.1, 0.15) is 37.0 Å². The quantitative estimate of drug-likeness (QED) is 0.761. The summed E-state index contributed by atoms with van der Waals surface area (Å²) in [7, 11) is 1.69. The summed E-state index contributed by atoms with van der Waals surface area (Å²) in [6.45, 7) is 5.53. The van der Waals surface area contributed by atoms with Crippen LogP contribution in [0.15, 0.2) is 0 Å². The first-order chi connectivity index (χ1) is 6.97. The average Bonchev–Trinajstić information content (AvgIpc) is 2.40. The minimum absolute atomic E-state index is 0.156. The molecule has 15 heavy (non-hydrogen) atoms. The van der Waals surface area contributed by atoms with E-state index in [1.165, 1.54) is 4.68 Å². The number of carbonyl (C=O) groups is 1. The van der Waals surface area contributed by atoms with Gasteiger partial charge in [-0.05, 0) is 20.3 Å². The molecular formula is C10H17N3O2. The second-order valence-corrected chi connectivity index (χ2v) is 3.64. The van der Waals surface area contributed by atoms with Crippen LogP contribution in [0.2, 0.25) is 0 Å². The van der Waals surface area contributed by atoms with Crippen LogP contribution >= 0.6 is 0 Å². The van der Waals surface area contributed by atoms with Crippen molar-refractivity contribution in [3.8, 4) is 0 Å². The van der Waals surface area contributed by atoms with Gasteiger partial charge in [0.1, 0.15) is 0 Å². The standard InChI is InChI=1S/C10H17N3O2/c1-5-7-8(11)9(13(4)12-7)10(14)15-6(2)3/h6H,5,11H2,1-4H3. The van der Waals surface area contributed by atoms with Crippen LogP contribution in [0.5, 0.6) is 0 Å². The van der Waals surface area contributed by atoms with Crippen LogP contribution in [-0.2, 0) is 18.2 Å². The summed E-state index contributed by atoms with van der Waals surface area (Å²) in [5.74, 6) is -0.419. The minimum Gasteiger partial charge on any atom is -0.458 e. The van der Waals surface area contributed by atoms with Crippen molar-refractivity contribution < 1.29 is 9.53 Å². The van der Waals surface area contributed by atoms with E-state index in [1.54, 1.807) is 20.9 Å². The van der Waals surface area contributed by atoms with Crippen molar-refractivity contribution in [1.29, 1.82) is 0 Å². The number of anilines is 1. The number of rotatable bonds is 3. The molecule has 1 rings (SSSR count). The number of nitrogen functional groups attached to an aromatic ring is 1. The first-order valence-corrected chi connectivity index (χ1v) is 4.99. The highest BCUT2D eigenvalue weighted by Crippen LogP contribution is 2.18. The Morgan fingerprint density at radius 3 is 2.60 bits per heavy atom. The molecule has 0 unspecified atom stereocenters. The van der Waals surface area contributed by atoms with Crippen LogP contribution in [0.25, 0.3) is 0 Å². The van der Waals surface area contributed by atoms with Crippen LogP contribution < -0.4 is 5.73 Å². The molecule has 5 nitrogen and oxygen atoms in total. The third-order valence-corrected chi connectivity index (χ3v) is 2.03. The summed E-state index contributed by atoms with van der Waals surface area (Å²) in [6, 6.07) is 0. The van der Waals surface area contributed by atoms with E-state index in [0.29, 0.717) is 17.8 Å². The summed E-state index contributed by atoms with van der Waals surface area (Å²) in [6.07, 6.45) is 0.547. The topological polar surface area (TPSA) is 70.1 Å². The number of hydrogen-bond acceptors (Lipinski definition) is 4. The van der Waals surface area contributed by atoms with E-state index >= 15 is 0 Å². The molecule has 0 saturated carbocycles. The van der Waals surface area contributed by atoms with Gasteiger partial charge in [-0.2, -0.15) is 5.10 Å². The zero-order valence-corrected chi connectivity index (χ0v) is 9.57. The van der Waals surface area contributed by atoms with E-state index in [2.05, 4.69) is 5.10 Å². The van der Waals surface area contributed by atoms with Crippen molar-refractivity contribution in [2.75, 3.05) is 5.73 Å². The third kappa shape index (κ3) is 2.29. The van der Waals surface area contributed by atoms with Gasteiger partial charge in [-0.1, -0.05) is 6.92 Å². The molecule has 1 heterocycles. The average molecular weight is 211 g/mol. The van der Waals surface area contributed by atoms with Crippen molar-refractivity contribution in [3.05, 3.63) is 11.4 Å². The third-order valence-electron chi connectivity index (χ3n) is 2.03. The Kier molecular flexibility index (Phi) is 3.34. The first-order valence-electron chi connectivity index (χ1n) is 4.99. The van der Waals surface area contributed by atoms with E-state index in [-0.39, 0.29) is 6.10 Å². The molecule has 0 saturated heterocycles. The highest BCUT2D eigenvalue weighted by atomic mass is 16.5. The van der Waals surface area contributed by atoms with Crippen molar-refractivity contribution in [1.82, 2.24) is 9.78 Å². The van der Waals surface area contributed by atoms with Crippen molar-refractivity contribution in [2.45, 2.75) is 33.3 Å². The monoisotopic (exact) mass is 211 g/mol. The molecule has 0 bridgehead atoms. The zero-order chi connectivity index (χ0) is 11.6. The predicted molar refractivity (Wildman–Crippen MR) is 57.5 cm³/mol. The fourth-order valence-electron chi connectivity index (χ4n) is 1.37. The van der Waals surface area contributed by atoms with E-state index in [0.717, 1.165) is 5.69 Å². The van der Waals surface area contributed by atoms with Crippen molar-refractivity contribution >= 4 is 11.7 Å². The lowest BCUT2D eigenvalue weighted by molar-refractivity contribution is 0.0366. The van der Waals surface area contributed by atoms with Gasteiger partial charge >= 0.3 is 5.97 Å². The van der Waals surface area contributed by atoms with Crippen molar-refractivity contribution in [3.63, 3.8) is 0 Å². The Balaban J connectivity index is 3.03. The number of nitrogens with two attached hydrogens (primary N) is 1. The van der Waals surface area contributed by atoms with Crippen LogP contribution in [0, 0.1) is 0 Å². The lowest BCUT2D eigenvalue weighted by Gasteiger charge is -2.08. The Morgan fingerprint density at radius 1 is 1.60 bits per heavy atom. The summed E-state index contributed by atoms with van der Waals surface area (Å²) < 4.78 is 6.55. The zero-order valence-electron chi connectivity index (χ0n) is 9.57. The molecular weight excluding hydrogens is 194 g/mol. The molecule has 0 radical (unpaired) electrons. The molecule has 5 heteroatoms. The van der Waals surface area contributed by atoms with Crippen LogP contribution in [0.3, 0.4) is 0 Å². The normalized spacial score (nSPS) is 10.7. The van der Waals surface area contributed by atoms with Gasteiger partial charge in [0.05, 0.1) is 17.5 Å². The molecule has 0 amide bonds. The van der Waals surface area contributed by atoms with Crippen molar-refractivity contribution in [2.24, 2.45) is 7.05 Å². The molecule has 0 aliphatic carbocycles. The second-order valence-electron chi connectivity index (χ2n) is 3.64. The van der Waals surface area contributed by atoms with E-state index in [4.69, 9.17) is 10.5 Å². The maximum atomic E-state index is 11.7. The van der Waals surface area contributed by atoms with Gasteiger partial charge in [-0.15, -0.1) is 0 Å². The molecule has 0 atom stereocenters. The fourth-order valence-corrected chi connectivity index (χ4v) is 1.37. The molecule has 0 aliphatic heterocycles. The van der Waals surface area contributed by atoms with E-state index < -0.39 is 5.97 Å². The van der Waals surface area contributed by atoms with Gasteiger partial charge in [-0.3, -0.25) is 4.68 Å². The first kappa shape index (κ1) is 11.6. The van der Waals surface area contributed by atoms with Gasteiger partial charge in [0.2, 0.25) is 0 Å². The maximum Gasteiger partial charge on any atom is 0.359 e. The molecule has 0 fully saturated rings.